The summed E-state index contributed by atoms with van der Waals surface area (Å²) in [5.41, 5.74) is 1.97. The van der Waals surface area contributed by atoms with Crippen molar-refractivity contribution in [3.63, 3.8) is 0 Å². The van der Waals surface area contributed by atoms with Gasteiger partial charge in [-0.1, -0.05) is 0 Å². The molecular weight excluding hydrogens is 364 g/mol. The maximum absolute atomic E-state index is 13.4. The number of likely N-dealkylation sites (N-methyl/N-ethyl adjacent to an activating group) is 1. The zero-order valence-corrected chi connectivity index (χ0v) is 15.7. The van der Waals surface area contributed by atoms with Crippen LogP contribution in [0, 0.1) is 18.6 Å². The topological polar surface area (TPSA) is 73.0 Å². The zero-order chi connectivity index (χ0) is 19.7. The Labute approximate surface area is 161 Å². The highest BCUT2D eigenvalue weighted by Gasteiger charge is 2.16. The number of benzene rings is 1. The van der Waals surface area contributed by atoms with Gasteiger partial charge in [0, 0.05) is 55.3 Å². The summed E-state index contributed by atoms with van der Waals surface area (Å²) in [4.78, 5) is 13.5. The summed E-state index contributed by atoms with van der Waals surface area (Å²) in [5.74, 6) is 0.170. The summed E-state index contributed by atoms with van der Waals surface area (Å²) >= 11 is 0. The molecule has 0 aliphatic carbocycles. The summed E-state index contributed by atoms with van der Waals surface area (Å²) in [6, 6.07) is 7.08. The fraction of sp³-hybridized carbons (Fsp3) is 0.316. The van der Waals surface area contributed by atoms with Gasteiger partial charge in [0.25, 0.3) is 0 Å². The summed E-state index contributed by atoms with van der Waals surface area (Å²) in [6.07, 6.45) is 0. The van der Waals surface area contributed by atoms with Crippen LogP contribution < -0.4 is 10.2 Å². The van der Waals surface area contributed by atoms with Gasteiger partial charge < -0.3 is 15.1 Å². The van der Waals surface area contributed by atoms with E-state index in [1.807, 2.05) is 19.1 Å². The van der Waals surface area contributed by atoms with Crippen LogP contribution in [0.2, 0.25) is 0 Å². The van der Waals surface area contributed by atoms with Crippen LogP contribution in [0.15, 0.2) is 30.3 Å². The highest BCUT2D eigenvalue weighted by Crippen LogP contribution is 2.24. The van der Waals surface area contributed by atoms with E-state index in [0.29, 0.717) is 11.5 Å². The Kier molecular flexibility index (Phi) is 4.91. The monoisotopic (exact) mass is 385 g/mol. The third-order valence-corrected chi connectivity index (χ3v) is 4.64. The van der Waals surface area contributed by atoms with E-state index in [1.54, 1.807) is 0 Å². The first-order valence-corrected chi connectivity index (χ1v) is 9.04. The minimum atomic E-state index is -0.664. The number of halogens is 2. The Bertz CT molecular complexity index is 960. The fourth-order valence-corrected chi connectivity index (χ4v) is 3.19. The van der Waals surface area contributed by atoms with Crippen LogP contribution in [0.4, 0.5) is 26.2 Å². The van der Waals surface area contributed by atoms with E-state index >= 15 is 0 Å². The van der Waals surface area contributed by atoms with Crippen molar-refractivity contribution in [2.24, 2.45) is 0 Å². The molecule has 0 bridgehead atoms. The Morgan fingerprint density at radius 1 is 0.964 bits per heavy atom. The summed E-state index contributed by atoms with van der Waals surface area (Å²) in [5, 5.41) is 9.94. The molecule has 1 aromatic carbocycles. The lowest BCUT2D eigenvalue weighted by molar-refractivity contribution is 0.312. The van der Waals surface area contributed by atoms with Crippen molar-refractivity contribution in [3.05, 3.63) is 47.7 Å². The Morgan fingerprint density at radius 3 is 2.39 bits per heavy atom. The second-order valence-corrected chi connectivity index (χ2v) is 6.94. The molecule has 0 unspecified atom stereocenters. The van der Waals surface area contributed by atoms with Crippen LogP contribution in [0.5, 0.6) is 0 Å². The number of piperazine rings is 1. The molecular formula is C19H21F2N7. The standard InChI is InChI=1S/C19H21F2N7/c1-12-7-16(11-17(22-12)28-5-3-27(2)4-6-28)23-19-24-18(25-26-19)13-8-14(20)10-15(21)9-13/h7-11H,3-6H2,1-2H3,(H2,22,23,24,25,26). The first-order valence-electron chi connectivity index (χ1n) is 9.04. The minimum absolute atomic E-state index is 0.283. The quantitative estimate of drug-likeness (QED) is 0.720. The SMILES string of the molecule is Cc1cc(Nc2n[nH]c(-c3cc(F)cc(F)c3)n2)cc(N2CCN(C)CC2)n1. The summed E-state index contributed by atoms with van der Waals surface area (Å²) in [6.45, 7) is 5.76. The molecule has 0 saturated carbocycles. The summed E-state index contributed by atoms with van der Waals surface area (Å²) < 4.78 is 26.8. The second-order valence-electron chi connectivity index (χ2n) is 6.94. The van der Waals surface area contributed by atoms with Crippen LogP contribution in [-0.4, -0.2) is 58.3 Å². The van der Waals surface area contributed by atoms with E-state index in [2.05, 4.69) is 42.3 Å². The van der Waals surface area contributed by atoms with Gasteiger partial charge in [0.15, 0.2) is 5.82 Å². The molecule has 146 valence electrons. The Balaban J connectivity index is 1.54. The number of aromatic amines is 1. The molecule has 2 N–H and O–H groups in total. The zero-order valence-electron chi connectivity index (χ0n) is 15.7. The molecule has 0 atom stereocenters. The van der Waals surface area contributed by atoms with Gasteiger partial charge in [0.05, 0.1) is 0 Å². The number of aromatic nitrogens is 4. The number of pyridine rings is 1. The highest BCUT2D eigenvalue weighted by molar-refractivity contribution is 5.62. The molecule has 0 radical (unpaired) electrons. The Hall–Kier alpha value is -3.07. The van der Waals surface area contributed by atoms with Crippen molar-refractivity contribution in [2.75, 3.05) is 43.4 Å². The van der Waals surface area contributed by atoms with Crippen molar-refractivity contribution >= 4 is 17.5 Å². The van der Waals surface area contributed by atoms with Crippen LogP contribution >= 0.6 is 0 Å². The largest absolute Gasteiger partial charge is 0.354 e. The van der Waals surface area contributed by atoms with E-state index in [4.69, 9.17) is 0 Å². The molecule has 0 spiro atoms. The van der Waals surface area contributed by atoms with E-state index in [9.17, 15) is 8.78 Å². The highest BCUT2D eigenvalue weighted by atomic mass is 19.1. The van der Waals surface area contributed by atoms with Gasteiger partial charge in [-0.25, -0.2) is 13.8 Å². The number of nitrogens with zero attached hydrogens (tertiary/aromatic N) is 5. The first kappa shape index (κ1) is 18.3. The normalized spacial score (nSPS) is 15.1. The predicted molar refractivity (Wildman–Crippen MR) is 104 cm³/mol. The smallest absolute Gasteiger partial charge is 0.246 e. The van der Waals surface area contributed by atoms with Crippen molar-refractivity contribution in [1.82, 2.24) is 25.1 Å². The lowest BCUT2D eigenvalue weighted by Gasteiger charge is -2.33. The van der Waals surface area contributed by atoms with Gasteiger partial charge in [0.1, 0.15) is 17.5 Å². The number of anilines is 3. The molecule has 2 aromatic heterocycles. The van der Waals surface area contributed by atoms with Crippen LogP contribution in [0.3, 0.4) is 0 Å². The number of H-pyrrole nitrogens is 1. The van der Waals surface area contributed by atoms with Crippen LogP contribution in [0.25, 0.3) is 11.4 Å². The number of hydrogen-bond acceptors (Lipinski definition) is 6. The van der Waals surface area contributed by atoms with E-state index in [0.717, 1.165) is 49.4 Å². The maximum Gasteiger partial charge on any atom is 0.246 e. The number of nitrogens with one attached hydrogen (secondary N) is 2. The van der Waals surface area contributed by atoms with Gasteiger partial charge in [-0.15, -0.1) is 5.10 Å². The molecule has 3 aromatic rings. The van der Waals surface area contributed by atoms with Gasteiger partial charge in [-0.3, -0.25) is 5.10 Å². The Morgan fingerprint density at radius 2 is 1.68 bits per heavy atom. The van der Waals surface area contributed by atoms with Crippen molar-refractivity contribution < 1.29 is 8.78 Å². The molecule has 4 rings (SSSR count). The van der Waals surface area contributed by atoms with Gasteiger partial charge in [-0.2, -0.15) is 4.98 Å². The molecule has 3 heterocycles. The first-order chi connectivity index (χ1) is 13.5. The van der Waals surface area contributed by atoms with E-state index < -0.39 is 11.6 Å². The van der Waals surface area contributed by atoms with Crippen LogP contribution in [0.1, 0.15) is 5.69 Å². The average molecular weight is 385 g/mol. The predicted octanol–water partition coefficient (Wildman–Crippen LogP) is 2.95. The molecule has 1 aliphatic rings. The minimum Gasteiger partial charge on any atom is -0.354 e. The average Bonchev–Trinajstić information content (AvgIpc) is 3.09. The summed E-state index contributed by atoms with van der Waals surface area (Å²) in [7, 11) is 2.11. The number of aryl methyl sites for hydroxylation is 1. The third kappa shape index (κ3) is 4.09. The lowest BCUT2D eigenvalue weighted by Crippen LogP contribution is -2.44. The van der Waals surface area contributed by atoms with Gasteiger partial charge >= 0.3 is 0 Å². The van der Waals surface area contributed by atoms with E-state index in [1.165, 1.54) is 12.1 Å². The lowest BCUT2D eigenvalue weighted by atomic mass is 10.2. The number of hydrogen-bond donors (Lipinski definition) is 2. The second kappa shape index (κ2) is 7.51. The van der Waals surface area contributed by atoms with Gasteiger partial charge in [-0.05, 0) is 32.2 Å². The molecule has 9 heteroatoms. The number of rotatable bonds is 4. The molecule has 1 fully saturated rings. The van der Waals surface area contributed by atoms with E-state index in [-0.39, 0.29) is 5.82 Å². The van der Waals surface area contributed by atoms with Gasteiger partial charge in [0.2, 0.25) is 5.95 Å². The maximum atomic E-state index is 13.4. The van der Waals surface area contributed by atoms with Crippen LogP contribution in [-0.2, 0) is 0 Å². The third-order valence-electron chi connectivity index (χ3n) is 4.64. The molecule has 0 amide bonds. The van der Waals surface area contributed by atoms with Crippen molar-refractivity contribution in [3.8, 4) is 11.4 Å². The molecule has 28 heavy (non-hydrogen) atoms. The molecule has 7 nitrogen and oxygen atoms in total. The molecule has 1 aliphatic heterocycles. The van der Waals surface area contributed by atoms with Crippen molar-refractivity contribution in [2.45, 2.75) is 6.92 Å². The molecule has 1 saturated heterocycles. The van der Waals surface area contributed by atoms with Crippen molar-refractivity contribution in [1.29, 1.82) is 0 Å². The fourth-order valence-electron chi connectivity index (χ4n) is 3.19.